The predicted molar refractivity (Wildman–Crippen MR) is 109 cm³/mol. The Morgan fingerprint density at radius 2 is 2.04 bits per heavy atom. The Labute approximate surface area is 163 Å². The smallest absolute Gasteiger partial charge is 0.311 e. The van der Waals surface area contributed by atoms with Gasteiger partial charge >= 0.3 is 5.69 Å². The van der Waals surface area contributed by atoms with Crippen molar-refractivity contribution in [2.45, 2.75) is 32.6 Å². The van der Waals surface area contributed by atoms with Gasteiger partial charge in [-0.1, -0.05) is 12.1 Å². The molecule has 1 atom stereocenters. The summed E-state index contributed by atoms with van der Waals surface area (Å²) in [6, 6.07) is 10.4. The van der Waals surface area contributed by atoms with Gasteiger partial charge < -0.3 is 15.5 Å². The van der Waals surface area contributed by atoms with Crippen LogP contribution in [0, 0.1) is 10.1 Å². The number of piperazine rings is 1. The minimum atomic E-state index is -1.12. The quantitative estimate of drug-likeness (QED) is 0.409. The van der Waals surface area contributed by atoms with E-state index in [1.54, 1.807) is 12.1 Å². The average Bonchev–Trinajstić information content (AvgIpc) is 2.61. The molecule has 1 aliphatic rings. The summed E-state index contributed by atoms with van der Waals surface area (Å²) in [6.07, 6.45) is -1.12. The second-order valence-electron chi connectivity index (χ2n) is 7.71. The van der Waals surface area contributed by atoms with E-state index in [0.717, 1.165) is 5.69 Å². The van der Waals surface area contributed by atoms with Gasteiger partial charge in [0.15, 0.2) is 6.30 Å². The molecule has 150 valence electrons. The van der Waals surface area contributed by atoms with Crippen molar-refractivity contribution in [3.63, 3.8) is 0 Å². The Kier molecular flexibility index (Phi) is 5.64. The van der Waals surface area contributed by atoms with E-state index >= 15 is 0 Å². The zero-order chi connectivity index (χ0) is 20.3. The third-order valence-electron chi connectivity index (χ3n) is 4.20. The summed E-state index contributed by atoms with van der Waals surface area (Å²) in [4.78, 5) is 17.3. The second-order valence-corrected chi connectivity index (χ2v) is 7.71. The molecular formula is C19H25FN6O2. The minimum absolute atomic E-state index is 0.127. The van der Waals surface area contributed by atoms with Crippen molar-refractivity contribution < 1.29 is 9.31 Å². The first-order valence-corrected chi connectivity index (χ1v) is 9.15. The normalized spacial score (nSPS) is 17.3. The van der Waals surface area contributed by atoms with Crippen LogP contribution >= 0.6 is 0 Å². The number of aromatic nitrogens is 1. The van der Waals surface area contributed by atoms with Crippen LogP contribution < -0.4 is 20.9 Å². The van der Waals surface area contributed by atoms with Gasteiger partial charge in [-0.2, -0.15) is 0 Å². The number of para-hydroxylation sites is 2. The predicted octanol–water partition coefficient (Wildman–Crippen LogP) is 3.65. The summed E-state index contributed by atoms with van der Waals surface area (Å²) < 4.78 is 13.8. The third kappa shape index (κ3) is 4.86. The number of halogens is 1. The molecule has 0 saturated carbocycles. The lowest BCUT2D eigenvalue weighted by Crippen LogP contribution is -2.48. The van der Waals surface area contributed by atoms with Crippen molar-refractivity contribution in [1.29, 1.82) is 0 Å². The molecule has 1 aromatic carbocycles. The summed E-state index contributed by atoms with van der Waals surface area (Å²) in [5, 5.41) is 20.5. The molecule has 28 heavy (non-hydrogen) atoms. The number of benzene rings is 1. The van der Waals surface area contributed by atoms with E-state index < -0.39 is 11.2 Å². The standard InChI is InChI=1S/C19H25FN6O2/c1-19(2,3)24-17-9-8-15(26(27)28)18(23-17)22-13-6-4-5-7-14(13)25-11-10-21-16(20)12-25/h4-9,16,21H,10-12H2,1-3H3,(H2,22,23,24). The van der Waals surface area contributed by atoms with Crippen LogP contribution in [0.1, 0.15) is 20.8 Å². The van der Waals surface area contributed by atoms with Crippen LogP contribution in [0.15, 0.2) is 36.4 Å². The topological polar surface area (TPSA) is 95.4 Å². The molecule has 1 aliphatic heterocycles. The van der Waals surface area contributed by atoms with Gasteiger partial charge in [-0.25, -0.2) is 9.37 Å². The molecule has 0 radical (unpaired) electrons. The molecule has 0 aliphatic carbocycles. The monoisotopic (exact) mass is 388 g/mol. The van der Waals surface area contributed by atoms with Gasteiger partial charge in [0.1, 0.15) is 5.82 Å². The number of alkyl halides is 1. The van der Waals surface area contributed by atoms with E-state index in [9.17, 15) is 14.5 Å². The highest BCUT2D eigenvalue weighted by molar-refractivity contribution is 5.77. The largest absolute Gasteiger partial charge is 0.365 e. The molecule has 0 bridgehead atoms. The summed E-state index contributed by atoms with van der Waals surface area (Å²) in [5.41, 5.74) is 1.05. The van der Waals surface area contributed by atoms with Gasteiger partial charge in [0.25, 0.3) is 0 Å². The Balaban J connectivity index is 1.94. The SMILES string of the molecule is CC(C)(C)Nc1ccc([N+](=O)[O-])c(Nc2ccccc2N2CCNC(F)C2)n1. The van der Waals surface area contributed by atoms with Crippen LogP contribution in [0.5, 0.6) is 0 Å². The molecule has 0 amide bonds. The van der Waals surface area contributed by atoms with Crippen LogP contribution in [0.3, 0.4) is 0 Å². The Morgan fingerprint density at radius 3 is 2.71 bits per heavy atom. The van der Waals surface area contributed by atoms with Crippen LogP contribution in [0.2, 0.25) is 0 Å². The molecular weight excluding hydrogens is 363 g/mol. The average molecular weight is 388 g/mol. The van der Waals surface area contributed by atoms with Gasteiger partial charge in [0, 0.05) is 24.7 Å². The molecule has 8 nitrogen and oxygen atoms in total. The number of nitrogens with zero attached hydrogens (tertiary/aromatic N) is 3. The zero-order valence-electron chi connectivity index (χ0n) is 16.2. The number of pyridine rings is 1. The van der Waals surface area contributed by atoms with Crippen LogP contribution in [-0.2, 0) is 0 Å². The van der Waals surface area contributed by atoms with Gasteiger partial charge in [0.2, 0.25) is 5.82 Å². The van der Waals surface area contributed by atoms with E-state index in [1.807, 2.05) is 43.9 Å². The molecule has 3 N–H and O–H groups in total. The van der Waals surface area contributed by atoms with E-state index in [-0.39, 0.29) is 23.6 Å². The van der Waals surface area contributed by atoms with Crippen molar-refractivity contribution in [2.24, 2.45) is 0 Å². The van der Waals surface area contributed by atoms with E-state index in [0.29, 0.717) is 24.6 Å². The van der Waals surface area contributed by atoms with E-state index in [2.05, 4.69) is 20.9 Å². The fourth-order valence-corrected chi connectivity index (χ4v) is 3.05. The lowest BCUT2D eigenvalue weighted by Gasteiger charge is -2.33. The van der Waals surface area contributed by atoms with Crippen LogP contribution in [0.4, 0.5) is 33.1 Å². The van der Waals surface area contributed by atoms with E-state index in [1.165, 1.54) is 6.07 Å². The highest BCUT2D eigenvalue weighted by atomic mass is 19.1. The first-order chi connectivity index (χ1) is 13.2. The first-order valence-electron chi connectivity index (χ1n) is 9.15. The van der Waals surface area contributed by atoms with Crippen LogP contribution in [-0.4, -0.2) is 41.4 Å². The summed E-state index contributed by atoms with van der Waals surface area (Å²) in [7, 11) is 0. The third-order valence-corrected chi connectivity index (χ3v) is 4.20. The highest BCUT2D eigenvalue weighted by Crippen LogP contribution is 2.33. The lowest BCUT2D eigenvalue weighted by atomic mass is 10.1. The van der Waals surface area contributed by atoms with Crippen molar-refractivity contribution in [2.75, 3.05) is 35.2 Å². The number of hydrogen-bond donors (Lipinski definition) is 3. The lowest BCUT2D eigenvalue weighted by molar-refractivity contribution is -0.384. The van der Waals surface area contributed by atoms with Crippen molar-refractivity contribution in [3.05, 3.63) is 46.5 Å². The second kappa shape index (κ2) is 7.97. The molecule has 0 spiro atoms. The molecule has 2 aromatic rings. The summed E-state index contributed by atoms with van der Waals surface area (Å²) in [6.45, 7) is 7.32. The first kappa shape index (κ1) is 19.8. The van der Waals surface area contributed by atoms with Crippen molar-refractivity contribution in [3.8, 4) is 0 Å². The maximum atomic E-state index is 13.8. The molecule has 1 fully saturated rings. The Hall–Kier alpha value is -2.94. The number of hydrogen-bond acceptors (Lipinski definition) is 7. The molecule has 3 rings (SSSR count). The molecule has 1 aromatic heterocycles. The summed E-state index contributed by atoms with van der Waals surface area (Å²) >= 11 is 0. The Bertz CT molecular complexity index is 855. The Morgan fingerprint density at radius 1 is 1.29 bits per heavy atom. The van der Waals surface area contributed by atoms with Gasteiger partial charge in [-0.05, 0) is 39.0 Å². The van der Waals surface area contributed by atoms with Gasteiger partial charge in [0.05, 0.1) is 22.8 Å². The maximum absolute atomic E-state index is 13.8. The number of nitro groups is 1. The van der Waals surface area contributed by atoms with Gasteiger partial charge in [-0.3, -0.25) is 15.4 Å². The molecule has 2 heterocycles. The molecule has 1 saturated heterocycles. The van der Waals surface area contributed by atoms with Crippen molar-refractivity contribution in [1.82, 2.24) is 10.3 Å². The van der Waals surface area contributed by atoms with E-state index in [4.69, 9.17) is 0 Å². The van der Waals surface area contributed by atoms with Gasteiger partial charge in [-0.15, -0.1) is 0 Å². The fraction of sp³-hybridized carbons (Fsp3) is 0.421. The number of anilines is 4. The zero-order valence-corrected chi connectivity index (χ0v) is 16.2. The molecule has 1 unspecified atom stereocenters. The molecule has 9 heteroatoms. The highest BCUT2D eigenvalue weighted by Gasteiger charge is 2.23. The minimum Gasteiger partial charge on any atom is -0.365 e. The number of nitrogens with one attached hydrogen (secondary N) is 3. The fourth-order valence-electron chi connectivity index (χ4n) is 3.05. The number of rotatable bonds is 5. The summed E-state index contributed by atoms with van der Waals surface area (Å²) in [5.74, 6) is 0.669. The van der Waals surface area contributed by atoms with Crippen LogP contribution in [0.25, 0.3) is 0 Å². The van der Waals surface area contributed by atoms with Crippen molar-refractivity contribution >= 4 is 28.7 Å². The maximum Gasteiger partial charge on any atom is 0.311 e.